The highest BCUT2D eigenvalue weighted by atomic mass is 16.5. The molecule has 16 heavy (non-hydrogen) atoms. The van der Waals surface area contributed by atoms with Crippen molar-refractivity contribution in [1.29, 1.82) is 0 Å². The summed E-state index contributed by atoms with van der Waals surface area (Å²) in [6, 6.07) is 0. The lowest BCUT2D eigenvalue weighted by molar-refractivity contribution is 0.245. The summed E-state index contributed by atoms with van der Waals surface area (Å²) >= 11 is 0. The first kappa shape index (κ1) is 11.6. The third-order valence-electron chi connectivity index (χ3n) is 3.58. The van der Waals surface area contributed by atoms with Gasteiger partial charge in [0.15, 0.2) is 0 Å². The second-order valence-corrected chi connectivity index (χ2v) is 4.88. The minimum Gasteiger partial charge on any atom is -0.396 e. The highest BCUT2D eigenvalue weighted by Crippen LogP contribution is 2.47. The van der Waals surface area contributed by atoms with E-state index in [1.807, 2.05) is 13.8 Å². The minimum absolute atomic E-state index is 0.299. The average molecular weight is 224 g/mol. The van der Waals surface area contributed by atoms with Crippen molar-refractivity contribution in [3.8, 4) is 0 Å². The Bertz CT molecular complexity index is 336. The number of rotatable bonds is 6. The van der Waals surface area contributed by atoms with Crippen molar-refractivity contribution in [1.82, 2.24) is 10.5 Å². The van der Waals surface area contributed by atoms with E-state index in [9.17, 15) is 0 Å². The fourth-order valence-electron chi connectivity index (χ4n) is 2.14. The lowest BCUT2D eigenvalue weighted by Gasteiger charge is -2.14. The van der Waals surface area contributed by atoms with Gasteiger partial charge < -0.3 is 14.9 Å². The van der Waals surface area contributed by atoms with E-state index in [0.717, 1.165) is 31.0 Å². The van der Waals surface area contributed by atoms with Crippen molar-refractivity contribution < 1.29 is 9.63 Å². The Morgan fingerprint density at radius 1 is 1.44 bits per heavy atom. The van der Waals surface area contributed by atoms with Gasteiger partial charge in [0.05, 0.1) is 5.69 Å². The van der Waals surface area contributed by atoms with Crippen LogP contribution in [0.25, 0.3) is 0 Å². The van der Waals surface area contributed by atoms with Crippen LogP contribution in [0.5, 0.6) is 0 Å². The van der Waals surface area contributed by atoms with Gasteiger partial charge in [0.2, 0.25) is 0 Å². The van der Waals surface area contributed by atoms with E-state index in [-0.39, 0.29) is 0 Å². The zero-order valence-electron chi connectivity index (χ0n) is 10.0. The van der Waals surface area contributed by atoms with Crippen LogP contribution in [-0.2, 0) is 6.54 Å². The molecule has 90 valence electrons. The van der Waals surface area contributed by atoms with Gasteiger partial charge in [0.25, 0.3) is 0 Å². The maximum atomic E-state index is 8.96. The van der Waals surface area contributed by atoms with Gasteiger partial charge in [-0.25, -0.2) is 0 Å². The molecule has 0 aliphatic heterocycles. The summed E-state index contributed by atoms with van der Waals surface area (Å²) in [6.07, 6.45) is 3.39. The highest BCUT2D eigenvalue weighted by Gasteiger charge is 2.41. The van der Waals surface area contributed by atoms with Crippen LogP contribution in [0.3, 0.4) is 0 Å². The van der Waals surface area contributed by atoms with Gasteiger partial charge in [-0.05, 0) is 38.5 Å². The molecule has 1 fully saturated rings. The molecule has 1 aromatic rings. The lowest BCUT2D eigenvalue weighted by Crippen LogP contribution is -2.24. The van der Waals surface area contributed by atoms with Crippen molar-refractivity contribution in [3.63, 3.8) is 0 Å². The lowest BCUT2D eigenvalue weighted by atomic mass is 10.0. The average Bonchev–Trinajstić information content (AvgIpc) is 2.94. The summed E-state index contributed by atoms with van der Waals surface area (Å²) in [7, 11) is 0. The number of hydrogen-bond acceptors (Lipinski definition) is 4. The first-order valence-corrected chi connectivity index (χ1v) is 5.90. The molecule has 0 bridgehead atoms. The molecular formula is C12H20N2O2. The Morgan fingerprint density at radius 2 is 2.19 bits per heavy atom. The molecular weight excluding hydrogens is 204 g/mol. The molecule has 0 saturated heterocycles. The normalized spacial score (nSPS) is 17.7. The van der Waals surface area contributed by atoms with Gasteiger partial charge in [-0.3, -0.25) is 0 Å². The largest absolute Gasteiger partial charge is 0.396 e. The van der Waals surface area contributed by atoms with E-state index < -0.39 is 0 Å². The number of aromatic nitrogens is 1. The third-order valence-corrected chi connectivity index (χ3v) is 3.58. The molecule has 2 N–H and O–H groups in total. The maximum absolute atomic E-state index is 8.96. The first-order valence-electron chi connectivity index (χ1n) is 5.90. The van der Waals surface area contributed by atoms with Crippen molar-refractivity contribution in [2.45, 2.75) is 39.7 Å². The van der Waals surface area contributed by atoms with Crippen molar-refractivity contribution >= 4 is 0 Å². The third kappa shape index (κ3) is 2.44. The number of hydrogen-bond donors (Lipinski definition) is 2. The van der Waals surface area contributed by atoms with Gasteiger partial charge >= 0.3 is 0 Å². The van der Waals surface area contributed by atoms with Crippen molar-refractivity contribution in [2.75, 3.05) is 13.2 Å². The Kier molecular flexibility index (Phi) is 3.30. The molecule has 0 aromatic carbocycles. The molecule has 0 radical (unpaired) electrons. The van der Waals surface area contributed by atoms with Crippen LogP contribution in [-0.4, -0.2) is 23.4 Å². The Hall–Kier alpha value is -0.870. The molecule has 0 atom stereocenters. The van der Waals surface area contributed by atoms with Crippen LogP contribution in [0.2, 0.25) is 0 Å². The summed E-state index contributed by atoms with van der Waals surface area (Å²) in [5.74, 6) is 0.900. The zero-order chi connectivity index (χ0) is 11.6. The predicted molar refractivity (Wildman–Crippen MR) is 61.1 cm³/mol. The second kappa shape index (κ2) is 4.55. The Balaban J connectivity index is 1.80. The van der Waals surface area contributed by atoms with Crippen LogP contribution in [0, 0.1) is 19.3 Å². The number of aliphatic hydroxyl groups excluding tert-OH is 1. The van der Waals surface area contributed by atoms with E-state index in [4.69, 9.17) is 9.63 Å². The first-order chi connectivity index (χ1) is 7.67. The Labute approximate surface area is 96.0 Å². The number of aryl methyl sites for hydroxylation is 2. The summed E-state index contributed by atoms with van der Waals surface area (Å²) < 4.78 is 5.11. The maximum Gasteiger partial charge on any atom is 0.138 e. The van der Waals surface area contributed by atoms with E-state index in [1.165, 1.54) is 18.4 Å². The van der Waals surface area contributed by atoms with Crippen molar-refractivity contribution in [3.05, 3.63) is 17.0 Å². The van der Waals surface area contributed by atoms with Gasteiger partial charge in [0.1, 0.15) is 5.76 Å². The van der Waals surface area contributed by atoms with Gasteiger partial charge in [-0.15, -0.1) is 0 Å². The Morgan fingerprint density at radius 3 is 2.69 bits per heavy atom. The number of aliphatic hydroxyl groups is 1. The molecule has 4 nitrogen and oxygen atoms in total. The standard InChI is InChI=1S/C12H20N2O2/c1-9-11(10(2)16-14-9)7-13-8-12(3-4-12)5-6-15/h13,15H,3-8H2,1-2H3. The molecule has 0 spiro atoms. The summed E-state index contributed by atoms with van der Waals surface area (Å²) in [5.41, 5.74) is 2.50. The fraction of sp³-hybridized carbons (Fsp3) is 0.750. The molecule has 4 heteroatoms. The monoisotopic (exact) mass is 224 g/mol. The van der Waals surface area contributed by atoms with E-state index in [0.29, 0.717) is 12.0 Å². The number of nitrogens with zero attached hydrogens (tertiary/aromatic N) is 1. The SMILES string of the molecule is Cc1noc(C)c1CNCC1(CCO)CC1. The predicted octanol–water partition coefficient (Wildman–Crippen LogP) is 1.54. The van der Waals surface area contributed by atoms with E-state index >= 15 is 0 Å². The summed E-state index contributed by atoms with van der Waals surface area (Å²) in [4.78, 5) is 0. The molecule has 2 rings (SSSR count). The van der Waals surface area contributed by atoms with Crippen molar-refractivity contribution in [2.24, 2.45) is 5.41 Å². The summed E-state index contributed by atoms with van der Waals surface area (Å²) in [6.45, 7) is 6.00. The molecule has 1 heterocycles. The summed E-state index contributed by atoms with van der Waals surface area (Å²) in [5, 5.41) is 16.3. The minimum atomic E-state index is 0.299. The molecule has 1 aliphatic rings. The van der Waals surface area contributed by atoms with Gasteiger partial charge in [-0.2, -0.15) is 0 Å². The molecule has 1 saturated carbocycles. The van der Waals surface area contributed by atoms with Crippen LogP contribution >= 0.6 is 0 Å². The molecule has 0 unspecified atom stereocenters. The molecule has 1 aliphatic carbocycles. The topological polar surface area (TPSA) is 58.3 Å². The number of nitrogens with one attached hydrogen (secondary N) is 1. The second-order valence-electron chi connectivity index (χ2n) is 4.88. The van der Waals surface area contributed by atoms with Crippen LogP contribution in [0.15, 0.2) is 4.52 Å². The quantitative estimate of drug-likeness (QED) is 0.769. The van der Waals surface area contributed by atoms with Crippen LogP contribution in [0.4, 0.5) is 0 Å². The highest BCUT2D eigenvalue weighted by molar-refractivity contribution is 5.20. The molecule has 1 aromatic heterocycles. The van der Waals surface area contributed by atoms with E-state index in [1.54, 1.807) is 0 Å². The van der Waals surface area contributed by atoms with Crippen LogP contribution < -0.4 is 5.32 Å². The van der Waals surface area contributed by atoms with Gasteiger partial charge in [0, 0.05) is 25.3 Å². The zero-order valence-corrected chi connectivity index (χ0v) is 10.0. The smallest absolute Gasteiger partial charge is 0.138 e. The fourth-order valence-corrected chi connectivity index (χ4v) is 2.14. The molecule has 0 amide bonds. The van der Waals surface area contributed by atoms with Gasteiger partial charge in [-0.1, -0.05) is 5.16 Å². The van der Waals surface area contributed by atoms with E-state index in [2.05, 4.69) is 10.5 Å². The van der Waals surface area contributed by atoms with Crippen LogP contribution in [0.1, 0.15) is 36.3 Å².